The van der Waals surface area contributed by atoms with Crippen molar-refractivity contribution in [2.24, 2.45) is 10.8 Å². The second kappa shape index (κ2) is 11.3. The van der Waals surface area contributed by atoms with Gasteiger partial charge in [-0.15, -0.1) is 0 Å². The summed E-state index contributed by atoms with van der Waals surface area (Å²) in [6.07, 6.45) is 10.3. The SMILES string of the molecule is CC(C)(C)C1=CC([Si]2(C3C=C(C(C)(C)C)C=C3[Si](C)(C)C)Oc3cc4ccccc4cc3-c3cc4ccccc4cc3O2)C([Si](C)(C)C)=C1. The van der Waals surface area contributed by atoms with E-state index in [2.05, 4.69) is 178 Å². The number of rotatable bonds is 4. The Labute approximate surface area is 297 Å². The third kappa shape index (κ3) is 5.96. The summed E-state index contributed by atoms with van der Waals surface area (Å²) in [4.78, 5) is 0. The lowest BCUT2D eigenvalue weighted by Gasteiger charge is -2.43. The molecule has 2 nitrogen and oxygen atoms in total. The van der Waals surface area contributed by atoms with E-state index in [0.717, 1.165) is 22.6 Å². The Morgan fingerprint density at radius 1 is 0.510 bits per heavy atom. The lowest BCUT2D eigenvalue weighted by atomic mass is 9.87. The molecule has 0 radical (unpaired) electrons. The normalized spacial score (nSPS) is 20.8. The van der Waals surface area contributed by atoms with Crippen LogP contribution >= 0.6 is 0 Å². The van der Waals surface area contributed by atoms with Gasteiger partial charge in [-0.2, -0.15) is 0 Å². The van der Waals surface area contributed by atoms with Crippen LogP contribution in [0.4, 0.5) is 0 Å². The molecule has 1 aliphatic heterocycles. The van der Waals surface area contributed by atoms with Crippen molar-refractivity contribution in [1.82, 2.24) is 0 Å². The van der Waals surface area contributed by atoms with Crippen LogP contribution in [0.15, 0.2) is 119 Å². The maximum absolute atomic E-state index is 7.99. The van der Waals surface area contributed by atoms with Crippen LogP contribution < -0.4 is 8.85 Å². The average molecular weight is 699 g/mol. The first-order chi connectivity index (χ1) is 22.8. The van der Waals surface area contributed by atoms with Crippen LogP contribution in [0.1, 0.15) is 41.5 Å². The largest absolute Gasteiger partial charge is 0.510 e. The van der Waals surface area contributed by atoms with Crippen LogP contribution in [0.3, 0.4) is 0 Å². The molecular weight excluding hydrogens is 645 g/mol. The molecule has 5 heteroatoms. The highest BCUT2D eigenvalue weighted by Gasteiger charge is 2.63. The third-order valence-electron chi connectivity index (χ3n) is 10.8. The predicted molar refractivity (Wildman–Crippen MR) is 219 cm³/mol. The van der Waals surface area contributed by atoms with Crippen molar-refractivity contribution in [1.29, 1.82) is 0 Å². The molecule has 0 fully saturated rings. The summed E-state index contributed by atoms with van der Waals surface area (Å²) in [6.45, 7) is 29.2. The Balaban J connectivity index is 1.61. The molecule has 0 spiro atoms. The Bertz CT molecular complexity index is 1970. The Morgan fingerprint density at radius 3 is 1.14 bits per heavy atom. The molecule has 0 N–H and O–H groups in total. The maximum Gasteiger partial charge on any atom is 0.482 e. The molecule has 7 rings (SSSR count). The van der Waals surface area contributed by atoms with Crippen molar-refractivity contribution in [2.45, 2.75) is 91.9 Å². The summed E-state index contributed by atoms with van der Waals surface area (Å²) in [7, 11) is -7.04. The van der Waals surface area contributed by atoms with E-state index in [1.807, 2.05) is 0 Å². The Hall–Kier alpha value is -3.39. The number of hydrogen-bond donors (Lipinski definition) is 0. The van der Waals surface area contributed by atoms with E-state index in [1.165, 1.54) is 32.7 Å². The lowest BCUT2D eigenvalue weighted by molar-refractivity contribution is 0.376. The topological polar surface area (TPSA) is 18.5 Å². The van der Waals surface area contributed by atoms with Gasteiger partial charge in [0.2, 0.25) is 0 Å². The van der Waals surface area contributed by atoms with E-state index in [-0.39, 0.29) is 21.9 Å². The second-order valence-electron chi connectivity index (χ2n) is 18.7. The lowest BCUT2D eigenvalue weighted by Crippen LogP contribution is -2.59. The minimum atomic E-state index is -3.35. The van der Waals surface area contributed by atoms with E-state index in [1.54, 1.807) is 10.4 Å². The highest BCUT2D eigenvalue weighted by atomic mass is 28.4. The Kier molecular flexibility index (Phi) is 7.87. The Morgan fingerprint density at radius 2 is 0.837 bits per heavy atom. The molecule has 4 aromatic carbocycles. The monoisotopic (exact) mass is 698 g/mol. The minimum Gasteiger partial charge on any atom is -0.510 e. The smallest absolute Gasteiger partial charge is 0.482 e. The van der Waals surface area contributed by atoms with Gasteiger partial charge in [0.1, 0.15) is 11.5 Å². The van der Waals surface area contributed by atoms with E-state index >= 15 is 0 Å². The highest BCUT2D eigenvalue weighted by Crippen LogP contribution is 2.59. The zero-order valence-corrected chi connectivity index (χ0v) is 34.7. The van der Waals surface area contributed by atoms with E-state index < -0.39 is 24.7 Å². The van der Waals surface area contributed by atoms with Crippen molar-refractivity contribution in [3.63, 3.8) is 0 Å². The summed E-state index contributed by atoms with van der Waals surface area (Å²) >= 11 is 0. The van der Waals surface area contributed by atoms with Gasteiger partial charge in [-0.25, -0.2) is 0 Å². The van der Waals surface area contributed by atoms with E-state index in [4.69, 9.17) is 8.85 Å². The summed E-state index contributed by atoms with van der Waals surface area (Å²) < 4.78 is 16.0. The molecule has 1 heterocycles. The molecule has 0 aromatic heterocycles. The number of benzene rings is 4. The molecule has 0 saturated carbocycles. The van der Waals surface area contributed by atoms with Crippen LogP contribution in [0, 0.1) is 10.8 Å². The minimum absolute atomic E-state index is 0.0156. The average Bonchev–Trinajstić information content (AvgIpc) is 3.65. The number of allylic oxidation sites excluding steroid dienone is 8. The first-order valence-corrected chi connectivity index (χ1v) is 27.1. The quantitative estimate of drug-likeness (QED) is 0.198. The molecular formula is C44H54O2Si3. The van der Waals surface area contributed by atoms with Gasteiger partial charge >= 0.3 is 8.56 Å². The number of fused-ring (bicyclic) bond motifs is 5. The third-order valence-corrected chi connectivity index (χ3v) is 19.6. The van der Waals surface area contributed by atoms with Gasteiger partial charge in [0.15, 0.2) is 0 Å². The van der Waals surface area contributed by atoms with Gasteiger partial charge in [0.05, 0.1) is 27.2 Å². The van der Waals surface area contributed by atoms with Crippen LogP contribution in [-0.4, -0.2) is 24.7 Å². The van der Waals surface area contributed by atoms with Crippen molar-refractivity contribution in [3.05, 3.63) is 119 Å². The van der Waals surface area contributed by atoms with Crippen LogP contribution in [0.25, 0.3) is 32.7 Å². The molecule has 254 valence electrons. The van der Waals surface area contributed by atoms with Gasteiger partial charge < -0.3 is 8.85 Å². The van der Waals surface area contributed by atoms with Gasteiger partial charge in [-0.3, -0.25) is 0 Å². The first-order valence-electron chi connectivity index (χ1n) is 18.1. The fourth-order valence-corrected chi connectivity index (χ4v) is 18.8. The number of hydrogen-bond acceptors (Lipinski definition) is 2. The van der Waals surface area contributed by atoms with Gasteiger partial charge in [0.25, 0.3) is 0 Å². The van der Waals surface area contributed by atoms with E-state index in [0.29, 0.717) is 0 Å². The van der Waals surface area contributed by atoms with Gasteiger partial charge in [-0.1, -0.05) is 164 Å². The summed E-state index contributed by atoms with van der Waals surface area (Å²) in [5.41, 5.74) is 5.25. The van der Waals surface area contributed by atoms with Crippen molar-refractivity contribution < 1.29 is 8.85 Å². The fraction of sp³-hybridized carbons (Fsp3) is 0.364. The van der Waals surface area contributed by atoms with Crippen LogP contribution in [0.2, 0.25) is 50.4 Å². The molecule has 3 aliphatic rings. The van der Waals surface area contributed by atoms with Crippen LogP contribution in [0.5, 0.6) is 11.5 Å². The molecule has 0 bridgehead atoms. The van der Waals surface area contributed by atoms with Crippen molar-refractivity contribution in [2.75, 3.05) is 0 Å². The molecule has 2 aliphatic carbocycles. The zero-order chi connectivity index (χ0) is 35.3. The maximum atomic E-state index is 7.99. The van der Waals surface area contributed by atoms with Crippen LogP contribution in [-0.2, 0) is 0 Å². The summed E-state index contributed by atoms with van der Waals surface area (Å²) in [5.74, 6) is 1.92. The summed E-state index contributed by atoms with van der Waals surface area (Å²) in [5, 5.41) is 7.95. The fourth-order valence-electron chi connectivity index (χ4n) is 7.95. The molecule has 0 saturated heterocycles. The first kappa shape index (κ1) is 34.1. The van der Waals surface area contributed by atoms with Gasteiger partial charge in [0, 0.05) is 11.1 Å². The van der Waals surface area contributed by atoms with Gasteiger partial charge in [-0.05, 0) is 67.8 Å². The molecule has 4 aromatic rings. The molecule has 2 unspecified atom stereocenters. The standard InChI is InChI=1S/C44H54O2Si3/c1-43(2,3)33-25-39(47(7,8)9)41(27-33)49(42-28-34(44(4,5)6)26-40(42)48(10,11)12)45-37-23-31-19-15-13-17-29(31)21-35(37)36-22-30-18-14-16-20-32(30)24-38(36)46-49/h13-28,41-42H,1-12H3. The molecule has 2 atom stereocenters. The van der Waals surface area contributed by atoms with Crippen molar-refractivity contribution in [3.8, 4) is 22.6 Å². The molecule has 0 amide bonds. The zero-order valence-electron chi connectivity index (χ0n) is 31.7. The molecule has 49 heavy (non-hydrogen) atoms. The second-order valence-corrected chi connectivity index (χ2v) is 32.0. The highest BCUT2D eigenvalue weighted by molar-refractivity contribution is 6.90. The predicted octanol–water partition coefficient (Wildman–Crippen LogP) is 13.2. The van der Waals surface area contributed by atoms with E-state index in [9.17, 15) is 0 Å². The van der Waals surface area contributed by atoms with Crippen molar-refractivity contribution >= 4 is 46.3 Å². The summed E-state index contributed by atoms with van der Waals surface area (Å²) in [6, 6.07) is 26.7.